The fourth-order valence-corrected chi connectivity index (χ4v) is 5.07. The van der Waals surface area contributed by atoms with E-state index >= 15 is 0 Å². The van der Waals surface area contributed by atoms with E-state index in [2.05, 4.69) is 20.9 Å². The average molecular weight is 537 g/mol. The zero-order valence-electron chi connectivity index (χ0n) is 20.9. The zero-order valence-corrected chi connectivity index (χ0v) is 22.5. The van der Waals surface area contributed by atoms with E-state index < -0.39 is 0 Å². The molecule has 0 saturated heterocycles. The van der Waals surface area contributed by atoms with Crippen molar-refractivity contribution in [3.05, 3.63) is 59.5 Å². The average Bonchev–Trinajstić information content (AvgIpc) is 3.49. The lowest BCUT2D eigenvalue weighted by Gasteiger charge is -2.18. The van der Waals surface area contributed by atoms with Gasteiger partial charge in [0, 0.05) is 28.7 Å². The van der Waals surface area contributed by atoms with Gasteiger partial charge in [0.1, 0.15) is 21.5 Å². The van der Waals surface area contributed by atoms with Crippen LogP contribution in [-0.4, -0.2) is 35.6 Å². The third kappa shape index (κ3) is 6.83. The molecule has 0 atom stereocenters. The first kappa shape index (κ1) is 26.1. The fraction of sp³-hybridized carbons (Fsp3) is 0.231. The number of urea groups is 1. The quantitative estimate of drug-likeness (QED) is 0.231. The first-order valence-corrected chi connectivity index (χ1v) is 13.1. The molecule has 3 amide bonds. The molecule has 0 bridgehead atoms. The number of nitrogens with zero attached hydrogens (tertiary/aromatic N) is 2. The van der Waals surface area contributed by atoms with Gasteiger partial charge in [-0.25, -0.2) is 14.8 Å². The van der Waals surface area contributed by atoms with Crippen LogP contribution in [0.2, 0.25) is 0 Å². The van der Waals surface area contributed by atoms with Crippen molar-refractivity contribution >= 4 is 51.2 Å². The monoisotopic (exact) mass is 536 g/mol. The molecule has 192 valence electrons. The Balaban J connectivity index is 1.46. The Morgan fingerprint density at radius 1 is 1.05 bits per heavy atom. The molecule has 11 heteroatoms. The zero-order chi connectivity index (χ0) is 26.6. The van der Waals surface area contributed by atoms with Gasteiger partial charge in [-0.1, -0.05) is 50.3 Å². The largest absolute Gasteiger partial charge is 0.497 e. The predicted octanol–water partition coefficient (Wildman–Crippen LogP) is 5.94. The summed E-state index contributed by atoms with van der Waals surface area (Å²) in [6.45, 7) is 6.65. The maximum absolute atomic E-state index is 12.7. The van der Waals surface area contributed by atoms with Crippen molar-refractivity contribution in [2.45, 2.75) is 20.8 Å². The molecule has 2 aromatic carbocycles. The minimum Gasteiger partial charge on any atom is -0.497 e. The second kappa shape index (κ2) is 11.0. The van der Waals surface area contributed by atoms with Crippen molar-refractivity contribution in [1.82, 2.24) is 15.3 Å². The van der Waals surface area contributed by atoms with Crippen molar-refractivity contribution in [3.8, 4) is 26.9 Å². The summed E-state index contributed by atoms with van der Waals surface area (Å²) < 4.78 is 5.20. The van der Waals surface area contributed by atoms with Crippen LogP contribution < -0.4 is 26.4 Å². The number of thiazole rings is 2. The standard InChI is InChI=1S/C26H28N6O3S2/c1-26(2,3)14-28-24(34)32-25-31-21(27)20(37-25)23-30-19(13-36-23)15-7-5-9-17(11-15)29-22(33)16-8-6-10-18(12-16)35-4/h5-13H,14,27H2,1-4H3,(H,29,33)(H2,28,31,32,34). The van der Waals surface area contributed by atoms with Crippen molar-refractivity contribution in [1.29, 1.82) is 0 Å². The third-order valence-corrected chi connectivity index (χ3v) is 7.08. The number of anilines is 3. The first-order valence-electron chi connectivity index (χ1n) is 11.4. The van der Waals surface area contributed by atoms with Crippen LogP contribution >= 0.6 is 22.7 Å². The van der Waals surface area contributed by atoms with Gasteiger partial charge in [-0.2, -0.15) is 0 Å². The fourth-order valence-electron chi connectivity index (χ4n) is 3.26. The summed E-state index contributed by atoms with van der Waals surface area (Å²) in [5, 5.41) is 11.5. The number of carbonyl (C=O) groups is 2. The molecule has 0 aliphatic rings. The highest BCUT2D eigenvalue weighted by Crippen LogP contribution is 2.38. The number of methoxy groups -OCH3 is 1. The number of rotatable bonds is 7. The normalized spacial score (nSPS) is 11.1. The molecular weight excluding hydrogens is 508 g/mol. The molecule has 4 rings (SSSR count). The van der Waals surface area contributed by atoms with Gasteiger partial charge >= 0.3 is 6.03 Å². The van der Waals surface area contributed by atoms with Crippen molar-refractivity contribution in [3.63, 3.8) is 0 Å². The van der Waals surface area contributed by atoms with Crippen LogP contribution in [0.25, 0.3) is 21.1 Å². The van der Waals surface area contributed by atoms with Crippen LogP contribution in [0.4, 0.5) is 21.4 Å². The highest BCUT2D eigenvalue weighted by atomic mass is 32.1. The lowest BCUT2D eigenvalue weighted by Crippen LogP contribution is -2.35. The van der Waals surface area contributed by atoms with E-state index in [1.165, 1.54) is 22.7 Å². The van der Waals surface area contributed by atoms with Gasteiger partial charge in [0.2, 0.25) is 0 Å². The molecule has 0 radical (unpaired) electrons. The van der Waals surface area contributed by atoms with E-state index in [1.54, 1.807) is 31.4 Å². The number of aromatic nitrogens is 2. The molecule has 0 saturated carbocycles. The summed E-state index contributed by atoms with van der Waals surface area (Å²) in [6, 6.07) is 14.1. The summed E-state index contributed by atoms with van der Waals surface area (Å²) in [6.07, 6.45) is 0. The predicted molar refractivity (Wildman–Crippen MR) is 150 cm³/mol. The number of hydrogen-bond donors (Lipinski definition) is 4. The maximum atomic E-state index is 12.7. The number of nitrogens with two attached hydrogens (primary N) is 1. The molecule has 0 spiro atoms. The van der Waals surface area contributed by atoms with Crippen molar-refractivity contribution < 1.29 is 14.3 Å². The van der Waals surface area contributed by atoms with Gasteiger partial charge in [0.15, 0.2) is 5.13 Å². The number of ether oxygens (including phenoxy) is 1. The van der Waals surface area contributed by atoms with E-state index in [-0.39, 0.29) is 17.4 Å². The molecular formula is C26H28N6O3S2. The molecule has 2 heterocycles. The van der Waals surface area contributed by atoms with Gasteiger partial charge in [0.25, 0.3) is 5.91 Å². The molecule has 0 fully saturated rings. The number of benzene rings is 2. The smallest absolute Gasteiger partial charge is 0.321 e. The molecule has 0 aliphatic heterocycles. The van der Waals surface area contributed by atoms with Crippen molar-refractivity contribution in [2.24, 2.45) is 5.41 Å². The van der Waals surface area contributed by atoms with Crippen LogP contribution in [0.3, 0.4) is 0 Å². The van der Waals surface area contributed by atoms with Gasteiger partial charge in [-0.3, -0.25) is 10.1 Å². The number of nitrogen functional groups attached to an aromatic ring is 1. The van der Waals surface area contributed by atoms with E-state index in [0.29, 0.717) is 44.4 Å². The van der Waals surface area contributed by atoms with Gasteiger partial charge < -0.3 is 21.1 Å². The molecule has 4 aromatic rings. The summed E-state index contributed by atoms with van der Waals surface area (Å²) in [5.74, 6) is 0.679. The Hall–Kier alpha value is -3.96. The second-order valence-corrected chi connectivity index (χ2v) is 11.3. The Kier molecular flexibility index (Phi) is 7.74. The summed E-state index contributed by atoms with van der Waals surface area (Å²) in [4.78, 5) is 34.6. The Labute approximate surface area is 223 Å². The molecule has 0 unspecified atom stereocenters. The molecule has 5 N–H and O–H groups in total. The maximum Gasteiger partial charge on any atom is 0.321 e. The van der Waals surface area contributed by atoms with Crippen LogP contribution in [0.1, 0.15) is 31.1 Å². The molecule has 2 aromatic heterocycles. The Morgan fingerprint density at radius 2 is 1.84 bits per heavy atom. The van der Waals surface area contributed by atoms with Crippen LogP contribution in [-0.2, 0) is 0 Å². The Morgan fingerprint density at radius 3 is 2.59 bits per heavy atom. The first-order chi connectivity index (χ1) is 17.6. The van der Waals surface area contributed by atoms with E-state index in [0.717, 1.165) is 11.3 Å². The lowest BCUT2D eigenvalue weighted by molar-refractivity contribution is 0.102. The third-order valence-electron chi connectivity index (χ3n) is 5.10. The minimum atomic E-state index is -0.331. The lowest BCUT2D eigenvalue weighted by atomic mass is 9.97. The van der Waals surface area contributed by atoms with Crippen LogP contribution in [0, 0.1) is 5.41 Å². The number of nitrogens with one attached hydrogen (secondary N) is 3. The summed E-state index contributed by atoms with van der Waals surface area (Å²) in [7, 11) is 1.56. The van der Waals surface area contributed by atoms with Gasteiger partial charge in [-0.15, -0.1) is 11.3 Å². The Bertz CT molecular complexity index is 1420. The van der Waals surface area contributed by atoms with E-state index in [9.17, 15) is 9.59 Å². The molecule has 37 heavy (non-hydrogen) atoms. The highest BCUT2D eigenvalue weighted by molar-refractivity contribution is 7.23. The topological polar surface area (TPSA) is 131 Å². The number of hydrogen-bond acceptors (Lipinski definition) is 8. The summed E-state index contributed by atoms with van der Waals surface area (Å²) in [5.41, 5.74) is 8.82. The minimum absolute atomic E-state index is 0.0309. The SMILES string of the molecule is COc1cccc(C(=O)Nc2cccc(-c3csc(-c4sc(NC(=O)NCC(C)(C)C)nc4N)n3)c2)c1. The van der Waals surface area contributed by atoms with E-state index in [1.807, 2.05) is 50.4 Å². The molecule has 0 aliphatic carbocycles. The van der Waals surface area contributed by atoms with E-state index in [4.69, 9.17) is 15.5 Å². The summed E-state index contributed by atoms with van der Waals surface area (Å²) >= 11 is 2.70. The second-order valence-electron chi connectivity index (χ2n) is 9.41. The highest BCUT2D eigenvalue weighted by Gasteiger charge is 2.18. The van der Waals surface area contributed by atoms with Gasteiger partial charge in [-0.05, 0) is 35.7 Å². The van der Waals surface area contributed by atoms with Crippen LogP contribution in [0.5, 0.6) is 5.75 Å². The van der Waals surface area contributed by atoms with Crippen LogP contribution in [0.15, 0.2) is 53.9 Å². The number of amides is 3. The van der Waals surface area contributed by atoms with Crippen molar-refractivity contribution in [2.75, 3.05) is 30.0 Å². The van der Waals surface area contributed by atoms with Gasteiger partial charge in [0.05, 0.1) is 12.8 Å². The molecule has 9 nitrogen and oxygen atoms in total. The number of carbonyl (C=O) groups excluding carboxylic acids is 2.